The Bertz CT molecular complexity index is 630. The van der Waals surface area contributed by atoms with Crippen molar-refractivity contribution in [3.8, 4) is 0 Å². The van der Waals surface area contributed by atoms with Crippen molar-refractivity contribution in [1.82, 2.24) is 0 Å². The quantitative estimate of drug-likeness (QED) is 0.349. The van der Waals surface area contributed by atoms with Crippen LogP contribution in [0.25, 0.3) is 0 Å². The Morgan fingerprint density at radius 1 is 1.05 bits per heavy atom. The van der Waals surface area contributed by atoms with Crippen molar-refractivity contribution in [2.24, 2.45) is 0 Å². The molecule has 2 nitrogen and oxygen atoms in total. The molecule has 2 rings (SSSR count). The highest BCUT2D eigenvalue weighted by molar-refractivity contribution is 5.76. The molecule has 0 spiro atoms. The zero-order valence-corrected chi connectivity index (χ0v) is 10.7. The number of alkyl halides is 3. The number of hydrogen-bond donors (Lipinski definition) is 0. The van der Waals surface area contributed by atoms with Gasteiger partial charge in [0.15, 0.2) is 6.21 Å². The fourth-order valence-electron chi connectivity index (χ4n) is 1.76. The maximum atomic E-state index is 12.4. The van der Waals surface area contributed by atoms with Crippen molar-refractivity contribution < 1.29 is 17.9 Å². The van der Waals surface area contributed by atoms with E-state index < -0.39 is 11.7 Å². The normalized spacial score (nSPS) is 12.5. The minimum atomic E-state index is -4.40. The molecule has 0 fully saturated rings. The summed E-state index contributed by atoms with van der Waals surface area (Å²) in [6, 6.07) is 11.4. The van der Waals surface area contributed by atoms with E-state index in [9.17, 15) is 18.4 Å². The van der Waals surface area contributed by atoms with Crippen molar-refractivity contribution in [2.45, 2.75) is 13.1 Å². The first-order chi connectivity index (χ1) is 9.36. The van der Waals surface area contributed by atoms with Crippen LogP contribution in [-0.2, 0) is 6.18 Å². The highest BCUT2D eigenvalue weighted by atomic mass is 19.4. The maximum Gasteiger partial charge on any atom is 0.416 e. The Morgan fingerprint density at radius 3 is 2.25 bits per heavy atom. The Balaban J connectivity index is 2.27. The average molecular weight is 279 g/mol. The molecule has 0 atom stereocenters. The van der Waals surface area contributed by atoms with Crippen molar-refractivity contribution in [1.29, 1.82) is 0 Å². The SMILES string of the molecule is Cc1cccc(C=[N+]([O-])c2ccc(C(F)(F)F)cc2)c1. The van der Waals surface area contributed by atoms with Crippen LogP contribution in [0, 0.1) is 12.1 Å². The smallest absolute Gasteiger partial charge is 0.416 e. The average Bonchev–Trinajstić information content (AvgIpc) is 2.38. The molecule has 0 heterocycles. The van der Waals surface area contributed by atoms with Gasteiger partial charge in [-0.15, -0.1) is 0 Å². The second-order valence-electron chi connectivity index (χ2n) is 4.41. The fraction of sp³-hybridized carbons (Fsp3) is 0.133. The van der Waals surface area contributed by atoms with Gasteiger partial charge in [0.05, 0.1) is 5.56 Å². The molecule has 0 saturated carbocycles. The third-order valence-corrected chi connectivity index (χ3v) is 2.76. The van der Waals surface area contributed by atoms with Crippen LogP contribution >= 0.6 is 0 Å². The van der Waals surface area contributed by atoms with E-state index in [0.717, 1.165) is 29.8 Å². The van der Waals surface area contributed by atoms with Crippen molar-refractivity contribution in [3.63, 3.8) is 0 Å². The molecule has 104 valence electrons. The van der Waals surface area contributed by atoms with Gasteiger partial charge in [0.2, 0.25) is 5.69 Å². The van der Waals surface area contributed by atoms with E-state index in [2.05, 4.69) is 0 Å². The largest absolute Gasteiger partial charge is 0.618 e. The van der Waals surface area contributed by atoms with E-state index in [4.69, 9.17) is 0 Å². The summed E-state index contributed by atoms with van der Waals surface area (Å²) in [5.41, 5.74) is 1.07. The lowest BCUT2D eigenvalue weighted by atomic mass is 10.1. The van der Waals surface area contributed by atoms with Gasteiger partial charge in [0.25, 0.3) is 0 Å². The van der Waals surface area contributed by atoms with E-state index in [-0.39, 0.29) is 5.69 Å². The molecule has 0 aromatic heterocycles. The van der Waals surface area contributed by atoms with Crippen LogP contribution in [0.15, 0.2) is 48.5 Å². The summed E-state index contributed by atoms with van der Waals surface area (Å²) in [5, 5.41) is 11.9. The van der Waals surface area contributed by atoms with Crippen LogP contribution in [0.3, 0.4) is 0 Å². The second kappa shape index (κ2) is 5.36. The van der Waals surface area contributed by atoms with Gasteiger partial charge in [-0.05, 0) is 31.2 Å². The van der Waals surface area contributed by atoms with Crippen LogP contribution in [0.5, 0.6) is 0 Å². The van der Waals surface area contributed by atoms with Crippen molar-refractivity contribution >= 4 is 11.9 Å². The summed E-state index contributed by atoms with van der Waals surface area (Å²) in [5.74, 6) is 0. The minimum absolute atomic E-state index is 0.152. The summed E-state index contributed by atoms with van der Waals surface area (Å²) in [6.45, 7) is 1.89. The standard InChI is InChI=1S/C15H12F3NO/c1-11-3-2-4-12(9-11)10-19(20)14-7-5-13(6-8-14)15(16,17)18/h2-10H,1H3. The molecule has 20 heavy (non-hydrogen) atoms. The lowest BCUT2D eigenvalue weighted by Gasteiger charge is -2.07. The Morgan fingerprint density at radius 2 is 1.70 bits per heavy atom. The van der Waals surface area contributed by atoms with Crippen LogP contribution in [0.2, 0.25) is 0 Å². The molecule has 0 aliphatic rings. The van der Waals surface area contributed by atoms with E-state index in [1.807, 2.05) is 25.1 Å². The summed E-state index contributed by atoms with van der Waals surface area (Å²) in [6.07, 6.45) is -3.07. The van der Waals surface area contributed by atoms with Gasteiger partial charge in [0, 0.05) is 17.7 Å². The van der Waals surface area contributed by atoms with Gasteiger partial charge < -0.3 is 5.21 Å². The topological polar surface area (TPSA) is 26.1 Å². The first-order valence-corrected chi connectivity index (χ1v) is 5.91. The number of aryl methyl sites for hydroxylation is 1. The molecule has 0 radical (unpaired) electrons. The van der Waals surface area contributed by atoms with Gasteiger partial charge in [-0.25, -0.2) is 0 Å². The molecule has 2 aromatic carbocycles. The van der Waals surface area contributed by atoms with Gasteiger partial charge in [-0.3, -0.25) is 0 Å². The highest BCUT2D eigenvalue weighted by Crippen LogP contribution is 2.30. The number of halogens is 3. The molecule has 0 N–H and O–H groups in total. The molecule has 0 aliphatic carbocycles. The molecule has 0 aliphatic heterocycles. The van der Waals surface area contributed by atoms with E-state index >= 15 is 0 Å². The highest BCUT2D eigenvalue weighted by Gasteiger charge is 2.30. The maximum absolute atomic E-state index is 12.4. The van der Waals surface area contributed by atoms with Gasteiger partial charge in [-0.1, -0.05) is 17.7 Å². The zero-order valence-electron chi connectivity index (χ0n) is 10.7. The summed E-state index contributed by atoms with van der Waals surface area (Å²) in [7, 11) is 0. The Hall–Kier alpha value is -2.30. The first-order valence-electron chi connectivity index (χ1n) is 5.91. The lowest BCUT2D eigenvalue weighted by Crippen LogP contribution is -2.05. The fourth-order valence-corrected chi connectivity index (χ4v) is 1.76. The number of benzene rings is 2. The van der Waals surface area contributed by atoms with Gasteiger partial charge in [0.1, 0.15) is 0 Å². The van der Waals surface area contributed by atoms with E-state index in [1.54, 1.807) is 6.07 Å². The van der Waals surface area contributed by atoms with Gasteiger partial charge >= 0.3 is 6.18 Å². The number of hydrogen-bond acceptors (Lipinski definition) is 1. The molecule has 0 amide bonds. The predicted octanol–water partition coefficient (Wildman–Crippen LogP) is 4.27. The number of nitrogens with zero attached hydrogens (tertiary/aromatic N) is 1. The monoisotopic (exact) mass is 279 g/mol. The minimum Gasteiger partial charge on any atom is -0.618 e. The molecular weight excluding hydrogens is 267 g/mol. The third-order valence-electron chi connectivity index (χ3n) is 2.76. The molecule has 0 saturated heterocycles. The molecule has 5 heteroatoms. The second-order valence-corrected chi connectivity index (χ2v) is 4.41. The van der Waals surface area contributed by atoms with E-state index in [1.165, 1.54) is 6.21 Å². The molecular formula is C15H12F3NO. The predicted molar refractivity (Wildman–Crippen MR) is 71.1 cm³/mol. The third kappa shape index (κ3) is 3.38. The summed E-state index contributed by atoms with van der Waals surface area (Å²) < 4.78 is 37.8. The Kier molecular flexibility index (Phi) is 3.79. The van der Waals surface area contributed by atoms with Crippen LogP contribution in [-0.4, -0.2) is 11.0 Å². The van der Waals surface area contributed by atoms with Crippen LogP contribution in [0.1, 0.15) is 16.7 Å². The van der Waals surface area contributed by atoms with Gasteiger partial charge in [-0.2, -0.15) is 17.9 Å². The molecule has 0 unspecified atom stereocenters. The Labute approximate surface area is 114 Å². The zero-order chi connectivity index (χ0) is 14.8. The molecule has 0 bridgehead atoms. The number of rotatable bonds is 2. The summed E-state index contributed by atoms with van der Waals surface area (Å²) in [4.78, 5) is 0. The first kappa shape index (κ1) is 14.1. The van der Waals surface area contributed by atoms with Crippen LogP contribution < -0.4 is 0 Å². The van der Waals surface area contributed by atoms with Crippen molar-refractivity contribution in [2.75, 3.05) is 0 Å². The summed E-state index contributed by atoms with van der Waals surface area (Å²) >= 11 is 0. The van der Waals surface area contributed by atoms with Crippen molar-refractivity contribution in [3.05, 3.63) is 70.4 Å². The van der Waals surface area contributed by atoms with Crippen LogP contribution in [0.4, 0.5) is 18.9 Å². The lowest BCUT2D eigenvalue weighted by molar-refractivity contribution is -0.354. The van der Waals surface area contributed by atoms with E-state index in [0.29, 0.717) is 10.3 Å². The molecule has 2 aromatic rings.